The fraction of sp³-hybridized carbons (Fsp3) is 0.360. The molecule has 1 aliphatic rings. The van der Waals surface area contributed by atoms with Crippen molar-refractivity contribution in [1.29, 1.82) is 0 Å². The summed E-state index contributed by atoms with van der Waals surface area (Å²) in [7, 11) is 0. The van der Waals surface area contributed by atoms with Gasteiger partial charge in [-0.1, -0.05) is 13.8 Å². The Bertz CT molecular complexity index is 1380. The van der Waals surface area contributed by atoms with Crippen molar-refractivity contribution in [2.24, 2.45) is 0 Å². The van der Waals surface area contributed by atoms with E-state index in [4.69, 9.17) is 4.74 Å². The topological polar surface area (TPSA) is 80.1 Å². The van der Waals surface area contributed by atoms with Crippen LogP contribution in [0.4, 0.5) is 8.78 Å². The third-order valence-electron chi connectivity index (χ3n) is 6.75. The maximum Gasteiger partial charge on any atom is 0.335 e. The molecule has 2 aromatic heterocycles. The van der Waals surface area contributed by atoms with Gasteiger partial charge in [-0.2, -0.15) is 5.10 Å². The van der Waals surface area contributed by atoms with E-state index in [0.717, 1.165) is 39.1 Å². The lowest BCUT2D eigenvalue weighted by molar-refractivity contribution is -0.170. The molecule has 6 nitrogen and oxygen atoms in total. The van der Waals surface area contributed by atoms with Crippen LogP contribution in [0.15, 0.2) is 36.5 Å². The number of aliphatic carboxylic acids is 1. The summed E-state index contributed by atoms with van der Waals surface area (Å²) in [5.41, 5.74) is 3.08. The first-order chi connectivity index (χ1) is 15.7. The number of rotatable bonds is 4. The number of hydrogen-bond donors (Lipinski definition) is 2. The Morgan fingerprint density at radius 2 is 2.06 bits per heavy atom. The second-order valence-electron chi connectivity index (χ2n) is 9.30. The number of fused-ring (bicyclic) bond motifs is 2. The number of nitrogens with zero attached hydrogens (tertiary/aromatic N) is 2. The number of ether oxygens (including phenoxy) is 1. The van der Waals surface area contributed by atoms with Crippen molar-refractivity contribution >= 4 is 27.8 Å². The zero-order valence-electron chi connectivity index (χ0n) is 18.7. The molecule has 5 rings (SSSR count). The van der Waals surface area contributed by atoms with E-state index in [1.54, 1.807) is 19.2 Å². The molecule has 0 unspecified atom stereocenters. The molecule has 0 spiro atoms. The van der Waals surface area contributed by atoms with Crippen LogP contribution in [0.25, 0.3) is 27.5 Å². The van der Waals surface area contributed by atoms with Gasteiger partial charge >= 0.3 is 5.97 Å². The lowest BCUT2D eigenvalue weighted by Crippen LogP contribution is -2.43. The normalized spacial score (nSPS) is 21.3. The van der Waals surface area contributed by atoms with Crippen molar-refractivity contribution in [2.75, 3.05) is 6.61 Å². The average molecular weight is 453 g/mol. The summed E-state index contributed by atoms with van der Waals surface area (Å²) in [5.74, 6) is -2.75. The van der Waals surface area contributed by atoms with Crippen LogP contribution in [0.5, 0.6) is 0 Å². The highest BCUT2D eigenvalue weighted by atomic mass is 19.2. The van der Waals surface area contributed by atoms with Crippen LogP contribution in [0.3, 0.4) is 0 Å². The molecule has 8 heteroatoms. The quantitative estimate of drug-likeness (QED) is 0.419. The van der Waals surface area contributed by atoms with Gasteiger partial charge in [0.1, 0.15) is 0 Å². The summed E-state index contributed by atoms with van der Waals surface area (Å²) < 4.78 is 35.8. The minimum absolute atomic E-state index is 0.0377. The van der Waals surface area contributed by atoms with Gasteiger partial charge in [0.25, 0.3) is 0 Å². The monoisotopic (exact) mass is 453 g/mol. The molecule has 172 valence electrons. The maximum absolute atomic E-state index is 14.2. The van der Waals surface area contributed by atoms with Crippen LogP contribution in [-0.4, -0.2) is 38.0 Å². The average Bonchev–Trinajstić information content (AvgIpc) is 3.36. The fourth-order valence-corrected chi connectivity index (χ4v) is 4.95. The van der Waals surface area contributed by atoms with Gasteiger partial charge in [-0.3, -0.25) is 5.10 Å². The van der Waals surface area contributed by atoms with Crippen molar-refractivity contribution in [3.8, 4) is 5.69 Å². The zero-order chi connectivity index (χ0) is 23.5. The third kappa shape index (κ3) is 3.40. The van der Waals surface area contributed by atoms with Crippen LogP contribution in [0.1, 0.15) is 56.7 Å². The van der Waals surface area contributed by atoms with Crippen LogP contribution in [0, 0.1) is 11.6 Å². The molecule has 1 aliphatic heterocycles. The Morgan fingerprint density at radius 1 is 1.27 bits per heavy atom. The molecule has 2 aromatic carbocycles. The van der Waals surface area contributed by atoms with Gasteiger partial charge in [-0.05, 0) is 55.5 Å². The number of nitrogens with one attached hydrogen (secondary N) is 1. The largest absolute Gasteiger partial charge is 0.479 e. The van der Waals surface area contributed by atoms with E-state index in [1.807, 2.05) is 16.7 Å². The summed E-state index contributed by atoms with van der Waals surface area (Å²) in [6, 6.07) is 7.95. The molecule has 33 heavy (non-hydrogen) atoms. The molecule has 2 atom stereocenters. The van der Waals surface area contributed by atoms with Gasteiger partial charge in [0.15, 0.2) is 17.2 Å². The third-order valence-corrected chi connectivity index (χ3v) is 6.75. The number of benzene rings is 2. The lowest BCUT2D eigenvalue weighted by atomic mass is 9.83. The predicted molar refractivity (Wildman–Crippen MR) is 121 cm³/mol. The second-order valence-corrected chi connectivity index (χ2v) is 9.30. The lowest BCUT2D eigenvalue weighted by Gasteiger charge is -2.35. The summed E-state index contributed by atoms with van der Waals surface area (Å²) in [4.78, 5) is 11.7. The van der Waals surface area contributed by atoms with E-state index in [1.165, 1.54) is 6.07 Å². The fourth-order valence-electron chi connectivity index (χ4n) is 4.95. The van der Waals surface area contributed by atoms with Crippen molar-refractivity contribution in [3.05, 3.63) is 59.4 Å². The highest BCUT2D eigenvalue weighted by Crippen LogP contribution is 2.44. The first-order valence-electron chi connectivity index (χ1n) is 11.0. The van der Waals surface area contributed by atoms with Gasteiger partial charge < -0.3 is 14.4 Å². The Hall–Kier alpha value is -3.26. The van der Waals surface area contributed by atoms with Gasteiger partial charge in [0.05, 0.1) is 23.8 Å². The van der Waals surface area contributed by atoms with Gasteiger partial charge in [0.2, 0.25) is 0 Å². The summed E-state index contributed by atoms with van der Waals surface area (Å²) in [6.07, 6.45) is 2.75. The Kier molecular flexibility index (Phi) is 5.01. The van der Waals surface area contributed by atoms with Crippen LogP contribution >= 0.6 is 0 Å². The molecule has 0 saturated carbocycles. The number of halogens is 2. The van der Waals surface area contributed by atoms with Crippen LogP contribution < -0.4 is 0 Å². The molecular formula is C25H25F2N3O3. The van der Waals surface area contributed by atoms with Crippen molar-refractivity contribution in [3.63, 3.8) is 0 Å². The Labute approximate surface area is 189 Å². The van der Waals surface area contributed by atoms with E-state index in [2.05, 4.69) is 24.0 Å². The molecule has 0 aliphatic carbocycles. The zero-order valence-corrected chi connectivity index (χ0v) is 18.7. The van der Waals surface area contributed by atoms with Gasteiger partial charge in [-0.25, -0.2) is 13.6 Å². The number of carbonyl (C=O) groups is 1. The summed E-state index contributed by atoms with van der Waals surface area (Å²) >= 11 is 0. The van der Waals surface area contributed by atoms with Crippen molar-refractivity contribution in [2.45, 2.75) is 51.0 Å². The van der Waals surface area contributed by atoms with Crippen molar-refractivity contribution in [1.82, 2.24) is 14.8 Å². The smallest absolute Gasteiger partial charge is 0.335 e. The highest BCUT2D eigenvalue weighted by molar-refractivity contribution is 5.99. The standard InChI is InChI=1S/C25H25F2N3O3/c1-13(2)23-22(14-6-7-25(3,24(31)32)33-12-14)17-10-20-15(11-28-29-20)8-21(17)30(23)16-4-5-18(26)19(27)9-16/h4-5,8-11,13-14H,6-7,12H2,1-3H3,(H,28,29)(H,31,32)/t14-,25+/m1/s1. The number of aromatic nitrogens is 3. The molecule has 1 saturated heterocycles. The Morgan fingerprint density at radius 3 is 2.70 bits per heavy atom. The van der Waals surface area contributed by atoms with E-state index in [9.17, 15) is 18.7 Å². The van der Waals surface area contributed by atoms with E-state index in [-0.39, 0.29) is 18.4 Å². The summed E-state index contributed by atoms with van der Waals surface area (Å²) in [5, 5.41) is 18.6. The highest BCUT2D eigenvalue weighted by Gasteiger charge is 2.41. The Balaban J connectivity index is 1.77. The van der Waals surface area contributed by atoms with Gasteiger partial charge in [-0.15, -0.1) is 0 Å². The van der Waals surface area contributed by atoms with E-state index >= 15 is 0 Å². The number of carboxylic acid groups (broad SMARTS) is 1. The minimum atomic E-state index is -1.20. The minimum Gasteiger partial charge on any atom is -0.479 e. The molecule has 0 radical (unpaired) electrons. The molecule has 0 bridgehead atoms. The second kappa shape index (κ2) is 7.66. The SMILES string of the molecule is CC(C)c1c([C@@H]2CC[C@@](C)(C(=O)O)OC2)c2cc3[nH]ncc3cc2n1-c1ccc(F)c(F)c1. The molecule has 0 amide bonds. The van der Waals surface area contributed by atoms with E-state index in [0.29, 0.717) is 18.5 Å². The van der Waals surface area contributed by atoms with Crippen molar-refractivity contribution < 1.29 is 23.4 Å². The number of aromatic amines is 1. The molecular weight excluding hydrogens is 428 g/mol. The molecule has 1 fully saturated rings. The molecule has 2 N–H and O–H groups in total. The maximum atomic E-state index is 14.2. The molecule has 3 heterocycles. The molecule has 4 aromatic rings. The number of carboxylic acids is 1. The number of hydrogen-bond acceptors (Lipinski definition) is 3. The summed E-state index contributed by atoms with van der Waals surface area (Å²) in [6.45, 7) is 5.99. The number of H-pyrrole nitrogens is 1. The van der Waals surface area contributed by atoms with Crippen LogP contribution in [-0.2, 0) is 9.53 Å². The predicted octanol–water partition coefficient (Wildman–Crippen LogP) is 5.65. The van der Waals surface area contributed by atoms with E-state index < -0.39 is 23.2 Å². The first kappa shape index (κ1) is 21.6. The van der Waals surface area contributed by atoms with Crippen LogP contribution in [0.2, 0.25) is 0 Å². The van der Waals surface area contributed by atoms with Gasteiger partial charge in [0, 0.05) is 34.1 Å². The first-order valence-corrected chi connectivity index (χ1v) is 11.0.